The van der Waals surface area contributed by atoms with Crippen LogP contribution in [0.25, 0.3) is 11.3 Å². The first-order chi connectivity index (χ1) is 11.3. The second kappa shape index (κ2) is 6.84. The van der Waals surface area contributed by atoms with E-state index in [0.29, 0.717) is 11.4 Å². The number of rotatable bonds is 5. The Labute approximate surface area is 135 Å². The second-order valence-corrected chi connectivity index (χ2v) is 5.03. The molecular formula is C15H12N4O3S. The van der Waals surface area contributed by atoms with Gasteiger partial charge in [-0.05, 0) is 35.8 Å². The molecule has 1 N–H and O–H groups in total. The lowest BCUT2D eigenvalue weighted by Gasteiger charge is -2.06. The maximum atomic E-state index is 12.3. The molecule has 0 aliphatic carbocycles. The van der Waals surface area contributed by atoms with Crippen LogP contribution in [-0.2, 0) is 9.63 Å². The minimum Gasteiger partial charge on any atom is -0.462 e. The Bertz CT molecular complexity index is 796. The number of benzene rings is 1. The third kappa shape index (κ3) is 3.43. The van der Waals surface area contributed by atoms with E-state index in [1.165, 1.54) is 24.9 Å². The number of furan rings is 1. The number of carbonyl (C=O) groups is 1. The third-order valence-corrected chi connectivity index (χ3v) is 3.46. The Morgan fingerprint density at radius 3 is 2.74 bits per heavy atom. The van der Waals surface area contributed by atoms with E-state index in [1.54, 1.807) is 24.3 Å². The van der Waals surface area contributed by atoms with Crippen LogP contribution < -0.4 is 5.32 Å². The molecule has 0 atom stereocenters. The van der Waals surface area contributed by atoms with Gasteiger partial charge in [-0.1, -0.05) is 21.8 Å². The van der Waals surface area contributed by atoms with Gasteiger partial charge in [0, 0.05) is 16.6 Å². The predicted octanol–water partition coefficient (Wildman–Crippen LogP) is 2.79. The molecule has 7 nitrogen and oxygen atoms in total. The lowest BCUT2D eigenvalue weighted by molar-refractivity contribution is -0.110. The molecule has 0 aliphatic heterocycles. The highest BCUT2D eigenvalue weighted by atomic mass is 32.1. The molecule has 8 heteroatoms. The first kappa shape index (κ1) is 14.9. The van der Waals surface area contributed by atoms with Crippen molar-refractivity contribution in [3.8, 4) is 11.3 Å². The van der Waals surface area contributed by atoms with Crippen LogP contribution in [0.4, 0.5) is 5.69 Å². The molecule has 0 bridgehead atoms. The van der Waals surface area contributed by atoms with Gasteiger partial charge in [0.15, 0.2) is 5.76 Å². The Balaban J connectivity index is 1.75. The normalized spacial score (nSPS) is 11.3. The first-order valence-electron chi connectivity index (χ1n) is 6.62. The van der Waals surface area contributed by atoms with E-state index in [0.717, 1.165) is 11.3 Å². The Morgan fingerprint density at radius 2 is 2.13 bits per heavy atom. The highest BCUT2D eigenvalue weighted by molar-refractivity contribution is 7.03. The molecule has 0 saturated carbocycles. The second-order valence-electron chi connectivity index (χ2n) is 4.42. The number of anilines is 1. The number of hydrogen-bond donors (Lipinski definition) is 1. The molecule has 1 aromatic carbocycles. The molecular weight excluding hydrogens is 316 g/mol. The molecule has 2 heterocycles. The minimum atomic E-state index is -0.426. The van der Waals surface area contributed by atoms with Crippen LogP contribution in [0.3, 0.4) is 0 Å². The van der Waals surface area contributed by atoms with Gasteiger partial charge in [0.1, 0.15) is 12.8 Å². The fourth-order valence-electron chi connectivity index (χ4n) is 1.91. The topological polar surface area (TPSA) is 89.6 Å². The Hall–Kier alpha value is -3.00. The summed E-state index contributed by atoms with van der Waals surface area (Å²) in [6.07, 6.45) is 1.46. The van der Waals surface area contributed by atoms with Crippen molar-refractivity contribution in [3.05, 3.63) is 53.8 Å². The zero-order valence-corrected chi connectivity index (χ0v) is 12.9. The third-order valence-electron chi connectivity index (χ3n) is 2.95. The average Bonchev–Trinajstić information content (AvgIpc) is 3.26. The van der Waals surface area contributed by atoms with E-state index in [2.05, 4.69) is 20.1 Å². The zero-order valence-electron chi connectivity index (χ0n) is 12.1. The van der Waals surface area contributed by atoms with Gasteiger partial charge in [-0.3, -0.25) is 4.79 Å². The van der Waals surface area contributed by atoms with E-state index < -0.39 is 5.91 Å². The summed E-state index contributed by atoms with van der Waals surface area (Å²) in [5, 5.41) is 12.3. The minimum absolute atomic E-state index is 0.0604. The monoisotopic (exact) mass is 328 g/mol. The molecule has 0 aliphatic rings. The van der Waals surface area contributed by atoms with Crippen molar-refractivity contribution in [3.63, 3.8) is 0 Å². The van der Waals surface area contributed by atoms with Crippen LogP contribution in [0.1, 0.15) is 5.76 Å². The molecule has 0 spiro atoms. The molecule has 2 aromatic heterocycles. The van der Waals surface area contributed by atoms with Crippen molar-refractivity contribution in [1.29, 1.82) is 0 Å². The van der Waals surface area contributed by atoms with E-state index in [9.17, 15) is 4.79 Å². The standard InChI is InChI=1S/C15H12N4O3S/c1-21-18-14(13-3-2-8-22-13)15(20)16-11-6-4-10(5-7-11)12-9-23-19-17-12/h2-9H,1H3,(H,16,20)/b18-14+. The van der Waals surface area contributed by atoms with Crippen molar-refractivity contribution >= 4 is 28.8 Å². The van der Waals surface area contributed by atoms with Gasteiger partial charge < -0.3 is 14.6 Å². The number of amides is 1. The molecule has 3 aromatic rings. The Morgan fingerprint density at radius 1 is 1.30 bits per heavy atom. The van der Waals surface area contributed by atoms with Crippen LogP contribution in [0.5, 0.6) is 0 Å². The van der Waals surface area contributed by atoms with Crippen molar-refractivity contribution in [1.82, 2.24) is 9.59 Å². The van der Waals surface area contributed by atoms with Crippen molar-refractivity contribution in [2.24, 2.45) is 5.16 Å². The van der Waals surface area contributed by atoms with Gasteiger partial charge in [0.25, 0.3) is 5.91 Å². The largest absolute Gasteiger partial charge is 0.462 e. The highest BCUT2D eigenvalue weighted by Crippen LogP contribution is 2.20. The number of hydrogen-bond acceptors (Lipinski definition) is 7. The van der Waals surface area contributed by atoms with Crippen LogP contribution >= 0.6 is 11.5 Å². The number of nitrogens with zero attached hydrogens (tertiary/aromatic N) is 3. The van der Waals surface area contributed by atoms with Gasteiger partial charge in [-0.25, -0.2) is 0 Å². The lowest BCUT2D eigenvalue weighted by atomic mass is 10.1. The van der Waals surface area contributed by atoms with Gasteiger partial charge in [-0.2, -0.15) is 0 Å². The summed E-state index contributed by atoms with van der Waals surface area (Å²) < 4.78 is 9.01. The molecule has 0 radical (unpaired) electrons. The summed E-state index contributed by atoms with van der Waals surface area (Å²) in [6, 6.07) is 10.6. The first-order valence-corrected chi connectivity index (χ1v) is 7.45. The van der Waals surface area contributed by atoms with Crippen LogP contribution in [0.2, 0.25) is 0 Å². The van der Waals surface area contributed by atoms with Gasteiger partial charge >= 0.3 is 0 Å². The van der Waals surface area contributed by atoms with Crippen LogP contribution in [0.15, 0.2) is 57.6 Å². The molecule has 3 rings (SSSR count). The fraction of sp³-hybridized carbons (Fsp3) is 0.0667. The summed E-state index contributed by atoms with van der Waals surface area (Å²) in [7, 11) is 1.37. The van der Waals surface area contributed by atoms with E-state index in [-0.39, 0.29) is 5.71 Å². The molecule has 0 unspecified atom stereocenters. The number of aromatic nitrogens is 2. The SMILES string of the molecule is CO/N=C(/C(=O)Nc1ccc(-c2csnn2)cc1)c1ccco1. The highest BCUT2D eigenvalue weighted by Gasteiger charge is 2.18. The summed E-state index contributed by atoms with van der Waals surface area (Å²) in [5.41, 5.74) is 2.40. The maximum Gasteiger partial charge on any atom is 0.281 e. The quantitative estimate of drug-likeness (QED) is 0.574. The average molecular weight is 328 g/mol. The van der Waals surface area contributed by atoms with E-state index in [4.69, 9.17) is 9.25 Å². The van der Waals surface area contributed by atoms with Gasteiger partial charge in [-0.15, -0.1) is 5.10 Å². The van der Waals surface area contributed by atoms with Crippen molar-refractivity contribution in [2.75, 3.05) is 12.4 Å². The lowest BCUT2D eigenvalue weighted by Crippen LogP contribution is -2.23. The Kier molecular flexibility index (Phi) is 4.44. The van der Waals surface area contributed by atoms with Crippen LogP contribution in [0, 0.1) is 0 Å². The van der Waals surface area contributed by atoms with Crippen molar-refractivity contribution < 1.29 is 14.0 Å². The summed E-state index contributed by atoms with van der Waals surface area (Å²) >= 11 is 1.29. The molecule has 116 valence electrons. The van der Waals surface area contributed by atoms with Gasteiger partial charge in [0.05, 0.1) is 6.26 Å². The summed E-state index contributed by atoms with van der Waals surface area (Å²) in [5.74, 6) is -0.0978. The molecule has 1 amide bonds. The number of oxime groups is 1. The molecule has 0 saturated heterocycles. The summed E-state index contributed by atoms with van der Waals surface area (Å²) in [6.45, 7) is 0. The molecule has 0 fully saturated rings. The fourth-order valence-corrected chi connectivity index (χ4v) is 2.37. The van der Waals surface area contributed by atoms with Gasteiger partial charge in [0.2, 0.25) is 5.71 Å². The van der Waals surface area contributed by atoms with E-state index in [1.807, 2.05) is 17.5 Å². The summed E-state index contributed by atoms with van der Waals surface area (Å²) in [4.78, 5) is 17.0. The van der Waals surface area contributed by atoms with Crippen LogP contribution in [-0.4, -0.2) is 28.3 Å². The number of nitrogens with one attached hydrogen (secondary N) is 1. The predicted molar refractivity (Wildman–Crippen MR) is 86.2 cm³/mol. The van der Waals surface area contributed by atoms with Crippen molar-refractivity contribution in [2.45, 2.75) is 0 Å². The van der Waals surface area contributed by atoms with E-state index >= 15 is 0 Å². The zero-order chi connectivity index (χ0) is 16.1. The maximum absolute atomic E-state index is 12.3. The smallest absolute Gasteiger partial charge is 0.281 e. The number of carbonyl (C=O) groups excluding carboxylic acids is 1. The molecule has 23 heavy (non-hydrogen) atoms.